The highest BCUT2D eigenvalue weighted by Gasteiger charge is 2.45. The Hall–Kier alpha value is -2.64. The molecule has 4 rings (SSSR count). The number of phenols is 1. The summed E-state index contributed by atoms with van der Waals surface area (Å²) in [5.74, 6) is -1.34. The number of benzene rings is 1. The number of ether oxygens (including phenoxy) is 1. The summed E-state index contributed by atoms with van der Waals surface area (Å²) in [5.41, 5.74) is 0.731. The van der Waals surface area contributed by atoms with E-state index >= 15 is 0 Å². The monoisotopic (exact) mass is 385 g/mol. The van der Waals surface area contributed by atoms with Gasteiger partial charge in [-0.25, -0.2) is 0 Å². The Bertz CT molecular complexity index is 882. The summed E-state index contributed by atoms with van der Waals surface area (Å²) >= 11 is 1.27. The number of amides is 1. The van der Waals surface area contributed by atoms with Crippen molar-refractivity contribution in [3.05, 3.63) is 63.6 Å². The Morgan fingerprint density at radius 2 is 2.00 bits per heavy atom. The fourth-order valence-corrected chi connectivity index (χ4v) is 4.30. The summed E-state index contributed by atoms with van der Waals surface area (Å²) in [6.07, 6.45) is 1.65. The summed E-state index contributed by atoms with van der Waals surface area (Å²) in [6, 6.07) is 9.06. The van der Waals surface area contributed by atoms with Crippen LogP contribution in [0.5, 0.6) is 5.75 Å². The average molecular weight is 385 g/mol. The maximum absolute atomic E-state index is 13.0. The molecule has 1 saturated heterocycles. The van der Waals surface area contributed by atoms with E-state index < -0.39 is 17.7 Å². The van der Waals surface area contributed by atoms with Crippen LogP contribution in [0.3, 0.4) is 0 Å². The average Bonchev–Trinajstić information content (AvgIpc) is 3.41. The number of aliphatic hydroxyl groups excluding tert-OH is 1. The van der Waals surface area contributed by atoms with Crippen molar-refractivity contribution in [2.75, 3.05) is 13.2 Å². The van der Waals surface area contributed by atoms with Crippen molar-refractivity contribution in [3.63, 3.8) is 0 Å². The molecule has 0 spiro atoms. The minimum absolute atomic E-state index is 0.0751. The molecule has 1 fully saturated rings. The van der Waals surface area contributed by atoms with Gasteiger partial charge in [0.05, 0.1) is 22.6 Å². The SMILES string of the molecule is O=C(C1=C(O)C(=O)N(CC2CCCO2)C1c1ccc(O)cc1)c1cccs1. The molecule has 3 heterocycles. The molecule has 2 atom stereocenters. The standard InChI is InChI=1S/C20H19NO5S/c22-13-7-5-12(6-8-13)17-16(18(23)15-4-2-10-27-15)19(24)20(25)21(17)11-14-3-1-9-26-14/h2,4-8,10,14,17,22,24H,1,3,9,11H2. The summed E-state index contributed by atoms with van der Waals surface area (Å²) in [7, 11) is 0. The maximum atomic E-state index is 13.0. The van der Waals surface area contributed by atoms with Crippen molar-refractivity contribution in [2.24, 2.45) is 0 Å². The molecule has 0 saturated carbocycles. The highest BCUT2D eigenvalue weighted by atomic mass is 32.1. The van der Waals surface area contributed by atoms with Gasteiger partial charge in [-0.2, -0.15) is 0 Å². The van der Waals surface area contributed by atoms with Crippen molar-refractivity contribution in [2.45, 2.75) is 25.0 Å². The maximum Gasteiger partial charge on any atom is 0.290 e. The molecule has 1 aromatic carbocycles. The summed E-state index contributed by atoms with van der Waals surface area (Å²) < 4.78 is 5.65. The van der Waals surface area contributed by atoms with E-state index in [1.807, 2.05) is 0 Å². The van der Waals surface area contributed by atoms with E-state index in [9.17, 15) is 19.8 Å². The van der Waals surface area contributed by atoms with Gasteiger partial charge in [0, 0.05) is 13.2 Å². The van der Waals surface area contributed by atoms with E-state index in [1.54, 1.807) is 29.6 Å². The molecule has 0 aliphatic carbocycles. The summed E-state index contributed by atoms with van der Waals surface area (Å²) in [6.45, 7) is 0.951. The highest BCUT2D eigenvalue weighted by molar-refractivity contribution is 7.12. The van der Waals surface area contributed by atoms with Crippen LogP contribution in [0, 0.1) is 0 Å². The first-order valence-electron chi connectivity index (χ1n) is 8.79. The van der Waals surface area contributed by atoms with E-state index in [2.05, 4.69) is 0 Å². The zero-order valence-electron chi connectivity index (χ0n) is 14.5. The normalized spacial score (nSPS) is 22.7. The third-order valence-electron chi connectivity index (χ3n) is 4.93. The first-order chi connectivity index (χ1) is 13.1. The number of Topliss-reactive ketones (excluding diaryl/α,β-unsaturated/α-hetero) is 1. The predicted molar refractivity (Wildman–Crippen MR) is 99.8 cm³/mol. The van der Waals surface area contributed by atoms with Crippen LogP contribution in [0.25, 0.3) is 0 Å². The van der Waals surface area contributed by atoms with Crippen molar-refractivity contribution >= 4 is 23.0 Å². The molecule has 0 radical (unpaired) electrons. The van der Waals surface area contributed by atoms with Crippen LogP contribution in [-0.4, -0.2) is 46.1 Å². The van der Waals surface area contributed by atoms with E-state index in [0.717, 1.165) is 12.8 Å². The first kappa shape index (κ1) is 17.8. The molecule has 2 N–H and O–H groups in total. The predicted octanol–water partition coefficient (Wildman–Crippen LogP) is 3.21. The molecule has 7 heteroatoms. The van der Waals surface area contributed by atoms with Gasteiger partial charge in [-0.1, -0.05) is 18.2 Å². The Balaban J connectivity index is 1.75. The van der Waals surface area contributed by atoms with Gasteiger partial charge in [0.1, 0.15) is 5.75 Å². The van der Waals surface area contributed by atoms with Crippen molar-refractivity contribution in [3.8, 4) is 5.75 Å². The second-order valence-corrected chi connectivity index (χ2v) is 7.60. The lowest BCUT2D eigenvalue weighted by Crippen LogP contribution is -2.37. The molecule has 1 aromatic heterocycles. The van der Waals surface area contributed by atoms with E-state index in [0.29, 0.717) is 23.6 Å². The Morgan fingerprint density at radius 1 is 1.22 bits per heavy atom. The van der Waals surface area contributed by atoms with Crippen LogP contribution in [0.4, 0.5) is 0 Å². The second kappa shape index (κ2) is 7.17. The lowest BCUT2D eigenvalue weighted by atomic mass is 9.95. The van der Waals surface area contributed by atoms with Crippen LogP contribution in [0.15, 0.2) is 53.1 Å². The van der Waals surface area contributed by atoms with Crippen molar-refractivity contribution in [1.29, 1.82) is 0 Å². The van der Waals surface area contributed by atoms with Gasteiger partial charge in [0.25, 0.3) is 5.91 Å². The number of rotatable bonds is 5. The van der Waals surface area contributed by atoms with E-state index in [-0.39, 0.29) is 23.2 Å². The van der Waals surface area contributed by atoms with Gasteiger partial charge in [-0.05, 0) is 42.0 Å². The van der Waals surface area contributed by atoms with Crippen molar-refractivity contribution in [1.82, 2.24) is 4.90 Å². The fourth-order valence-electron chi connectivity index (χ4n) is 3.63. The number of hydrogen-bond acceptors (Lipinski definition) is 6. The Labute approximate surface area is 160 Å². The lowest BCUT2D eigenvalue weighted by Gasteiger charge is -2.28. The minimum atomic E-state index is -0.711. The quantitative estimate of drug-likeness (QED) is 0.772. The number of thiophene rings is 1. The molecule has 0 bridgehead atoms. The minimum Gasteiger partial charge on any atom is -0.508 e. The van der Waals surface area contributed by atoms with Gasteiger partial charge in [-0.3, -0.25) is 9.59 Å². The molecule has 2 unspecified atom stereocenters. The van der Waals surface area contributed by atoms with E-state index in [4.69, 9.17) is 4.74 Å². The number of ketones is 1. The molecule has 2 aliphatic rings. The molecule has 6 nitrogen and oxygen atoms in total. The summed E-state index contributed by atoms with van der Waals surface area (Å²) in [4.78, 5) is 27.8. The Kier molecular flexibility index (Phi) is 4.72. The van der Waals surface area contributed by atoms with Crippen LogP contribution < -0.4 is 0 Å². The summed E-state index contributed by atoms with van der Waals surface area (Å²) in [5, 5.41) is 21.9. The number of carbonyl (C=O) groups excluding carboxylic acids is 2. The van der Waals surface area contributed by atoms with E-state index in [1.165, 1.54) is 28.4 Å². The lowest BCUT2D eigenvalue weighted by molar-refractivity contribution is -0.131. The zero-order chi connectivity index (χ0) is 19.0. The molecule has 2 aliphatic heterocycles. The number of nitrogens with zero attached hydrogens (tertiary/aromatic N) is 1. The fraction of sp³-hybridized carbons (Fsp3) is 0.300. The first-order valence-corrected chi connectivity index (χ1v) is 9.67. The molecular weight excluding hydrogens is 366 g/mol. The van der Waals surface area contributed by atoms with Gasteiger partial charge in [0.2, 0.25) is 5.78 Å². The van der Waals surface area contributed by atoms with Crippen molar-refractivity contribution < 1.29 is 24.5 Å². The van der Waals surface area contributed by atoms with Crippen LogP contribution in [0.1, 0.15) is 34.1 Å². The Morgan fingerprint density at radius 3 is 2.63 bits per heavy atom. The molecule has 27 heavy (non-hydrogen) atoms. The topological polar surface area (TPSA) is 87.1 Å². The van der Waals surface area contributed by atoms with Gasteiger partial charge in [0.15, 0.2) is 5.76 Å². The molecule has 140 valence electrons. The molecule has 1 amide bonds. The number of carbonyl (C=O) groups is 2. The van der Waals surface area contributed by atoms with Crippen LogP contribution >= 0.6 is 11.3 Å². The van der Waals surface area contributed by atoms with Gasteiger partial charge < -0.3 is 19.8 Å². The smallest absolute Gasteiger partial charge is 0.290 e. The van der Waals surface area contributed by atoms with Crippen LogP contribution in [-0.2, 0) is 9.53 Å². The molecule has 2 aromatic rings. The number of aliphatic hydroxyl groups is 1. The third-order valence-corrected chi connectivity index (χ3v) is 5.80. The zero-order valence-corrected chi connectivity index (χ0v) is 15.3. The highest BCUT2D eigenvalue weighted by Crippen LogP contribution is 2.40. The largest absolute Gasteiger partial charge is 0.508 e. The van der Waals surface area contributed by atoms with Crippen LogP contribution in [0.2, 0.25) is 0 Å². The third kappa shape index (κ3) is 3.24. The molecular formula is C20H19NO5S. The number of aromatic hydroxyl groups is 1. The van der Waals surface area contributed by atoms with Gasteiger partial charge in [-0.15, -0.1) is 11.3 Å². The van der Waals surface area contributed by atoms with Gasteiger partial charge >= 0.3 is 0 Å². The second-order valence-electron chi connectivity index (χ2n) is 6.66. The number of phenolic OH excluding ortho intramolecular Hbond substituents is 1. The number of hydrogen-bond donors (Lipinski definition) is 2.